The molecule has 2 N–H and O–H groups in total. The zero-order valence-corrected chi connectivity index (χ0v) is 19.0. The van der Waals surface area contributed by atoms with Gasteiger partial charge in [-0.05, 0) is 36.2 Å². The molecule has 1 aromatic heterocycles. The minimum atomic E-state index is -0.638. The molecule has 0 saturated carbocycles. The monoisotopic (exact) mass is 476 g/mol. The van der Waals surface area contributed by atoms with Gasteiger partial charge in [-0.1, -0.05) is 42.5 Å². The van der Waals surface area contributed by atoms with Gasteiger partial charge in [0.1, 0.15) is 24.2 Å². The summed E-state index contributed by atoms with van der Waals surface area (Å²) in [5, 5.41) is 6.03. The molecule has 0 aliphatic carbocycles. The van der Waals surface area contributed by atoms with Crippen LogP contribution in [0.5, 0.6) is 5.75 Å². The van der Waals surface area contributed by atoms with Crippen molar-refractivity contribution in [3.63, 3.8) is 0 Å². The first-order valence-corrected chi connectivity index (χ1v) is 11.5. The molecule has 1 atom stereocenters. The number of fused-ring (bicyclic) bond motifs is 2. The summed E-state index contributed by atoms with van der Waals surface area (Å²) in [7, 11) is 0. The lowest BCUT2D eigenvalue weighted by Gasteiger charge is -2.41. The maximum atomic E-state index is 13.4. The molecule has 1 unspecified atom stereocenters. The van der Waals surface area contributed by atoms with Crippen LogP contribution in [0.4, 0.5) is 4.39 Å². The summed E-state index contributed by atoms with van der Waals surface area (Å²) in [5.74, 6) is -1.39. The largest absolute Gasteiger partial charge is 0.483 e. The number of hydrogen-bond donors (Lipinski definition) is 2. The molecule has 1 saturated heterocycles. The van der Waals surface area contributed by atoms with Crippen molar-refractivity contribution in [2.24, 2.45) is 0 Å². The number of hydrogen-bond acceptors (Lipinski definition) is 5. The molecule has 35 heavy (non-hydrogen) atoms. The lowest BCUT2D eigenvalue weighted by molar-refractivity contribution is 0.0459. The van der Waals surface area contributed by atoms with E-state index in [9.17, 15) is 18.8 Å². The summed E-state index contributed by atoms with van der Waals surface area (Å²) in [6.45, 7) is 1.96. The highest BCUT2D eigenvalue weighted by atomic mass is 19.1. The van der Waals surface area contributed by atoms with E-state index >= 15 is 0 Å². The third-order valence-corrected chi connectivity index (χ3v) is 6.24. The van der Waals surface area contributed by atoms with Gasteiger partial charge in [-0.15, -0.1) is 0 Å². The van der Waals surface area contributed by atoms with Gasteiger partial charge in [0, 0.05) is 19.3 Å². The van der Waals surface area contributed by atoms with Crippen LogP contribution in [0, 0.1) is 5.82 Å². The molecule has 8 nitrogen and oxygen atoms in total. The summed E-state index contributed by atoms with van der Waals surface area (Å²) in [5.41, 5.74) is 0.922. The van der Waals surface area contributed by atoms with Crippen molar-refractivity contribution in [2.45, 2.75) is 32.3 Å². The SMILES string of the molecule is O=C(NCc1ccc(F)cc1)c1cn2c(c(OCc3ccccc3)c1=O)C(=O)N1CCCNC1C2. The minimum Gasteiger partial charge on any atom is -0.483 e. The smallest absolute Gasteiger partial charge is 0.275 e. The highest BCUT2D eigenvalue weighted by molar-refractivity contribution is 5.99. The van der Waals surface area contributed by atoms with Crippen LogP contribution >= 0.6 is 0 Å². The van der Waals surface area contributed by atoms with Crippen molar-refractivity contribution in [3.05, 3.63) is 99.2 Å². The summed E-state index contributed by atoms with van der Waals surface area (Å²) >= 11 is 0. The van der Waals surface area contributed by atoms with Crippen molar-refractivity contribution in [1.29, 1.82) is 0 Å². The van der Waals surface area contributed by atoms with Gasteiger partial charge in [0.15, 0.2) is 11.4 Å². The fraction of sp³-hybridized carbons (Fsp3) is 0.269. The van der Waals surface area contributed by atoms with Gasteiger partial charge in [0.05, 0.1) is 6.54 Å². The van der Waals surface area contributed by atoms with Crippen LogP contribution in [0.15, 0.2) is 65.6 Å². The average molecular weight is 477 g/mol. The van der Waals surface area contributed by atoms with E-state index in [1.54, 1.807) is 21.6 Å². The molecule has 3 heterocycles. The van der Waals surface area contributed by atoms with Crippen molar-refractivity contribution in [2.75, 3.05) is 13.1 Å². The number of rotatable bonds is 6. The van der Waals surface area contributed by atoms with E-state index in [0.717, 1.165) is 18.5 Å². The van der Waals surface area contributed by atoms with Gasteiger partial charge in [-0.25, -0.2) is 4.39 Å². The number of carbonyl (C=O) groups is 2. The van der Waals surface area contributed by atoms with Crippen LogP contribution in [-0.2, 0) is 19.7 Å². The van der Waals surface area contributed by atoms with Crippen LogP contribution in [0.2, 0.25) is 0 Å². The van der Waals surface area contributed by atoms with Crippen molar-refractivity contribution in [1.82, 2.24) is 20.1 Å². The number of carbonyl (C=O) groups excluding carboxylic acids is 2. The third kappa shape index (κ3) is 4.67. The van der Waals surface area contributed by atoms with Crippen molar-refractivity contribution >= 4 is 11.8 Å². The molecule has 3 aromatic rings. The summed E-state index contributed by atoms with van der Waals surface area (Å²) in [4.78, 5) is 41.5. The number of nitrogens with zero attached hydrogens (tertiary/aromatic N) is 2. The fourth-order valence-corrected chi connectivity index (χ4v) is 4.42. The number of benzene rings is 2. The minimum absolute atomic E-state index is 0.0820. The van der Waals surface area contributed by atoms with Crippen LogP contribution in [0.25, 0.3) is 0 Å². The molecule has 180 valence electrons. The Morgan fingerprint density at radius 3 is 2.63 bits per heavy atom. The number of nitrogens with one attached hydrogen (secondary N) is 2. The second kappa shape index (κ2) is 9.71. The van der Waals surface area contributed by atoms with Crippen LogP contribution in [-0.4, -0.2) is 40.5 Å². The predicted molar refractivity (Wildman–Crippen MR) is 126 cm³/mol. The van der Waals surface area contributed by atoms with Crippen LogP contribution in [0.1, 0.15) is 38.4 Å². The average Bonchev–Trinajstić information content (AvgIpc) is 2.88. The second-order valence-corrected chi connectivity index (χ2v) is 8.61. The number of halogens is 1. The van der Waals surface area contributed by atoms with E-state index in [-0.39, 0.29) is 48.0 Å². The lowest BCUT2D eigenvalue weighted by Crippen LogP contribution is -2.59. The molecule has 0 spiro atoms. The molecule has 9 heteroatoms. The molecule has 2 amide bonds. The van der Waals surface area contributed by atoms with E-state index in [2.05, 4.69) is 10.6 Å². The zero-order chi connectivity index (χ0) is 24.4. The maximum Gasteiger partial charge on any atom is 0.275 e. The first-order valence-electron chi connectivity index (χ1n) is 11.5. The molecule has 1 fully saturated rings. The van der Waals surface area contributed by atoms with E-state index in [4.69, 9.17) is 4.74 Å². The Morgan fingerprint density at radius 1 is 1.09 bits per heavy atom. The molecule has 2 aliphatic rings. The zero-order valence-electron chi connectivity index (χ0n) is 19.0. The highest BCUT2D eigenvalue weighted by Crippen LogP contribution is 2.26. The standard InChI is InChI=1S/C26H25FN4O4/c27-19-9-7-17(8-10-19)13-29-25(33)20-14-30-15-21-28-11-4-12-31(21)26(34)22(30)24(23(20)32)35-16-18-5-2-1-3-6-18/h1-3,5-10,14,21,28H,4,11-13,15-16H2,(H,29,33). The molecular weight excluding hydrogens is 451 g/mol. The molecule has 2 aliphatic heterocycles. The first-order chi connectivity index (χ1) is 17.0. The van der Waals surface area contributed by atoms with Crippen LogP contribution < -0.4 is 20.8 Å². The van der Waals surface area contributed by atoms with Crippen molar-refractivity contribution < 1.29 is 18.7 Å². The van der Waals surface area contributed by atoms with Crippen molar-refractivity contribution in [3.8, 4) is 5.75 Å². The van der Waals surface area contributed by atoms with E-state index in [1.807, 2.05) is 30.3 Å². The summed E-state index contributed by atoms with van der Waals surface area (Å²) in [6.07, 6.45) is 2.03. The van der Waals surface area contributed by atoms with Gasteiger partial charge < -0.3 is 19.5 Å². The second-order valence-electron chi connectivity index (χ2n) is 8.61. The Bertz CT molecular complexity index is 1310. The van der Waals surface area contributed by atoms with Gasteiger partial charge >= 0.3 is 0 Å². The van der Waals surface area contributed by atoms with Gasteiger partial charge in [-0.3, -0.25) is 19.7 Å². The Kier molecular flexibility index (Phi) is 6.33. The first kappa shape index (κ1) is 22.8. The number of pyridine rings is 1. The lowest BCUT2D eigenvalue weighted by atomic mass is 10.1. The van der Waals surface area contributed by atoms with E-state index < -0.39 is 11.3 Å². The van der Waals surface area contributed by atoms with E-state index in [1.165, 1.54) is 18.3 Å². The predicted octanol–water partition coefficient (Wildman–Crippen LogP) is 2.27. The van der Waals surface area contributed by atoms with Gasteiger partial charge in [-0.2, -0.15) is 0 Å². The quantitative estimate of drug-likeness (QED) is 0.570. The van der Waals surface area contributed by atoms with Crippen LogP contribution in [0.3, 0.4) is 0 Å². The third-order valence-electron chi connectivity index (χ3n) is 6.24. The number of ether oxygens (including phenoxy) is 1. The Labute approximate surface area is 201 Å². The summed E-state index contributed by atoms with van der Waals surface area (Å²) in [6, 6.07) is 15.0. The Balaban J connectivity index is 1.48. The topological polar surface area (TPSA) is 92.7 Å². The molecular formula is C26H25FN4O4. The van der Waals surface area contributed by atoms with E-state index in [0.29, 0.717) is 18.7 Å². The Morgan fingerprint density at radius 2 is 1.86 bits per heavy atom. The fourth-order valence-electron chi connectivity index (χ4n) is 4.42. The molecule has 2 aromatic carbocycles. The summed E-state index contributed by atoms with van der Waals surface area (Å²) < 4.78 is 20.7. The molecule has 0 bridgehead atoms. The number of aromatic nitrogens is 1. The molecule has 0 radical (unpaired) electrons. The highest BCUT2D eigenvalue weighted by Gasteiger charge is 2.37. The normalized spacial score (nSPS) is 16.9. The van der Waals surface area contributed by atoms with Gasteiger partial charge in [0.25, 0.3) is 11.8 Å². The Hall–Kier alpha value is -3.98. The molecule has 5 rings (SSSR count). The van der Waals surface area contributed by atoms with Gasteiger partial charge in [0.2, 0.25) is 5.43 Å². The number of amides is 2. The maximum absolute atomic E-state index is 13.4.